The lowest BCUT2D eigenvalue weighted by atomic mass is 9.39. The SMILES string of the molecule is CCC(=O)NCCCCCC(=O)C[C@H](C(=O)N[C@@H](CCCNC(N)=O)C(=O)Cc1ccc(COC(=O)N(CCOC23CC4(C)CC(C)(CC(Cn5ncc(-c6ccc(N7CCc8cccc(C(=O)Nc9nc%10ccccc%10s9)c8C7)nc6C(=O)O)c5C)(C4)C2)C3)CCS(=O)(=O)O)cc1)C(C)C.CSC.O=C=O. The van der Waals surface area contributed by atoms with E-state index in [1.54, 1.807) is 61.3 Å². The van der Waals surface area contributed by atoms with Crippen molar-refractivity contribution < 1.29 is 75.5 Å². The van der Waals surface area contributed by atoms with Crippen LogP contribution in [0.4, 0.5) is 20.5 Å². The molecule has 6 amide bonds. The number of amides is 6. The number of benzene rings is 3. The summed E-state index contributed by atoms with van der Waals surface area (Å²) in [6.07, 6.45) is 14.1. The lowest BCUT2D eigenvalue weighted by Gasteiger charge is -2.69. The molecule has 0 spiro atoms. The van der Waals surface area contributed by atoms with Crippen LogP contribution in [0.1, 0.15) is 173 Å². The van der Waals surface area contributed by atoms with Gasteiger partial charge in [0.25, 0.3) is 16.0 Å². The molecule has 578 valence electrons. The predicted octanol–water partition coefficient (Wildman–Crippen LogP) is 10.8. The fourth-order valence-corrected chi connectivity index (χ4v) is 18.0. The molecule has 2 unspecified atom stereocenters. The number of para-hydroxylation sites is 1. The zero-order valence-electron chi connectivity index (χ0n) is 62.3. The first-order valence-corrected chi connectivity index (χ1v) is 40.3. The van der Waals surface area contributed by atoms with Crippen molar-refractivity contribution in [2.45, 2.75) is 176 Å². The zero-order valence-corrected chi connectivity index (χ0v) is 64.7. The Kier molecular flexibility index (Phi) is 29.5. The van der Waals surface area contributed by atoms with E-state index in [0.717, 1.165) is 72.0 Å². The summed E-state index contributed by atoms with van der Waals surface area (Å²) < 4.78 is 49.7. The smallest absolute Gasteiger partial charge is 0.410 e. The number of Topliss-reactive ketones (excluding diaryl/α,β-unsaturated/α-hetero) is 2. The highest BCUT2D eigenvalue weighted by Gasteiger charge is 2.66. The average Bonchev–Trinajstić information content (AvgIpc) is 0.837. The molecule has 6 aromatic rings. The lowest BCUT2D eigenvalue weighted by molar-refractivity contribution is -0.248. The molecule has 4 bridgehead atoms. The van der Waals surface area contributed by atoms with E-state index in [1.165, 1.54) is 16.2 Å². The number of nitrogens with two attached hydrogens (primary N) is 1. The molecule has 4 fully saturated rings. The quantitative estimate of drug-likeness (QED) is 0.0144. The second kappa shape index (κ2) is 37.7. The van der Waals surface area contributed by atoms with E-state index >= 15 is 0 Å². The van der Waals surface area contributed by atoms with E-state index < -0.39 is 57.4 Å². The van der Waals surface area contributed by atoms with Gasteiger partial charge in [-0.15, -0.1) is 0 Å². The third-order valence-corrected chi connectivity index (χ3v) is 22.1. The van der Waals surface area contributed by atoms with E-state index in [-0.39, 0.29) is 116 Å². The monoisotopic (exact) mass is 1530 g/mol. The fourth-order valence-electron chi connectivity index (χ4n) is 16.7. The Morgan fingerprint density at radius 2 is 1.52 bits per heavy atom. The summed E-state index contributed by atoms with van der Waals surface area (Å²) in [5, 5.41) is 27.4. The molecular weight excluding hydrogens is 1430 g/mol. The van der Waals surface area contributed by atoms with Gasteiger partial charge in [-0.3, -0.25) is 38.5 Å². The van der Waals surface area contributed by atoms with Crippen LogP contribution in [-0.2, 0) is 80.9 Å². The molecule has 11 rings (SSSR count). The number of carboxylic acid groups (broad SMARTS) is 1. The van der Waals surface area contributed by atoms with Crippen LogP contribution in [0, 0.1) is 35.0 Å². The summed E-state index contributed by atoms with van der Waals surface area (Å²) >= 11 is 3.15. The number of thiazole rings is 1. The van der Waals surface area contributed by atoms with Gasteiger partial charge < -0.3 is 46.1 Å². The van der Waals surface area contributed by atoms with Crippen LogP contribution in [-0.4, -0.2) is 165 Å². The fraction of sp³-hybridized carbons (Fsp3) is 0.532. The topological polar surface area (TPSA) is 388 Å². The van der Waals surface area contributed by atoms with Crippen molar-refractivity contribution in [3.63, 3.8) is 0 Å². The van der Waals surface area contributed by atoms with Gasteiger partial charge in [-0.25, -0.2) is 24.4 Å². The van der Waals surface area contributed by atoms with Crippen molar-refractivity contribution in [2.24, 2.45) is 33.8 Å². The number of ketones is 2. The van der Waals surface area contributed by atoms with Crippen LogP contribution in [0.2, 0.25) is 0 Å². The van der Waals surface area contributed by atoms with Crippen LogP contribution in [0.15, 0.2) is 85.1 Å². The van der Waals surface area contributed by atoms with Gasteiger partial charge in [0.05, 0.1) is 40.4 Å². The highest BCUT2D eigenvalue weighted by Crippen LogP contribution is 2.72. The van der Waals surface area contributed by atoms with E-state index in [4.69, 9.17) is 34.9 Å². The van der Waals surface area contributed by atoms with E-state index in [9.17, 15) is 56.4 Å². The second-order valence-corrected chi connectivity index (χ2v) is 33.2. The van der Waals surface area contributed by atoms with Crippen LogP contribution in [0.3, 0.4) is 0 Å². The number of rotatable bonds is 35. The number of ether oxygens (including phenoxy) is 2. The van der Waals surface area contributed by atoms with Crippen molar-refractivity contribution in [1.82, 2.24) is 40.6 Å². The molecule has 0 radical (unpaired) electrons. The molecule has 8 N–H and O–H groups in total. The normalized spacial score (nSPS) is 19.5. The molecule has 3 aromatic heterocycles. The Hall–Kier alpha value is -8.93. The summed E-state index contributed by atoms with van der Waals surface area (Å²) in [4.78, 5) is 134. The lowest BCUT2D eigenvalue weighted by Crippen LogP contribution is -2.64. The average molecular weight is 1530 g/mol. The summed E-state index contributed by atoms with van der Waals surface area (Å²) in [6.45, 7) is 13.6. The van der Waals surface area contributed by atoms with Crippen LogP contribution >= 0.6 is 23.1 Å². The molecule has 0 saturated heterocycles. The Bertz CT molecular complexity index is 4260. The molecular formula is C77H101N11O16S3. The Labute approximate surface area is 633 Å². The molecule has 107 heavy (non-hydrogen) atoms. The van der Waals surface area contributed by atoms with Crippen molar-refractivity contribution >= 4 is 108 Å². The highest BCUT2D eigenvalue weighted by molar-refractivity contribution is 7.97. The van der Waals surface area contributed by atoms with Crippen LogP contribution in [0.25, 0.3) is 21.3 Å². The summed E-state index contributed by atoms with van der Waals surface area (Å²) in [7, 11) is -4.49. The first-order valence-electron chi connectivity index (χ1n) is 36.3. The number of hydrogen-bond acceptors (Lipinski definition) is 20. The van der Waals surface area contributed by atoms with Crippen LogP contribution in [0.5, 0.6) is 0 Å². The number of primary amides is 1. The number of nitrogens with zero attached hydrogens (tertiary/aromatic N) is 6. The zero-order chi connectivity index (χ0) is 77.9. The maximum absolute atomic E-state index is 14.0. The minimum Gasteiger partial charge on any atom is -0.476 e. The number of hydrogen-bond donors (Lipinski definition) is 7. The van der Waals surface area contributed by atoms with Gasteiger partial charge in [0.15, 0.2) is 16.6 Å². The minimum atomic E-state index is -4.49. The van der Waals surface area contributed by atoms with Crippen molar-refractivity contribution in [3.8, 4) is 11.1 Å². The van der Waals surface area contributed by atoms with Gasteiger partial charge in [-0.1, -0.05) is 101 Å². The molecule has 4 saturated carbocycles. The van der Waals surface area contributed by atoms with Crippen molar-refractivity contribution in [1.29, 1.82) is 0 Å². The third-order valence-electron chi connectivity index (χ3n) is 20.4. The second-order valence-electron chi connectivity index (χ2n) is 29.8. The van der Waals surface area contributed by atoms with Gasteiger partial charge in [0.2, 0.25) is 11.8 Å². The van der Waals surface area contributed by atoms with Crippen LogP contribution < -0.4 is 31.9 Å². The number of carboxylic acids is 1. The number of carbonyl (C=O) groups is 8. The van der Waals surface area contributed by atoms with Gasteiger partial charge in [0, 0.05) is 99.8 Å². The van der Waals surface area contributed by atoms with Gasteiger partial charge in [0.1, 0.15) is 18.2 Å². The minimum absolute atomic E-state index is 0.00788. The number of pyridine rings is 1. The van der Waals surface area contributed by atoms with Gasteiger partial charge in [-0.05, 0) is 165 Å². The summed E-state index contributed by atoms with van der Waals surface area (Å²) in [5.41, 5.74) is 10.3. The van der Waals surface area contributed by atoms with Gasteiger partial charge in [-0.2, -0.15) is 34.9 Å². The first-order chi connectivity index (χ1) is 50.8. The molecule has 4 heterocycles. The number of thioether (sulfide) groups is 1. The van der Waals surface area contributed by atoms with E-state index in [1.807, 2.05) is 85.3 Å². The van der Waals surface area contributed by atoms with Crippen molar-refractivity contribution in [3.05, 3.63) is 124 Å². The first kappa shape index (κ1) is 83.7. The number of fused-ring (bicyclic) bond motifs is 2. The predicted molar refractivity (Wildman–Crippen MR) is 407 cm³/mol. The molecule has 5 aliphatic rings. The Morgan fingerprint density at radius 3 is 2.19 bits per heavy atom. The van der Waals surface area contributed by atoms with Crippen molar-refractivity contribution in [2.75, 3.05) is 67.8 Å². The Balaban J connectivity index is 0.00000233. The number of urea groups is 1. The van der Waals surface area contributed by atoms with Gasteiger partial charge >= 0.3 is 24.2 Å². The molecule has 3 aromatic carbocycles. The molecule has 4 aliphatic carbocycles. The standard InChI is InChI=1S/C74H95N11O14S2.C2H6S.CO2/c1-7-63(88)76-28-12-8-9-16-52(86)36-55(47(2)3)66(90)79-58(19-14-29-77-68(75)93)60(87)35-49-21-23-50(24-22-49)39-98-70(94)83(32-34-101(95,96)97)31-33-99-74-43-71(5)40-72(6,44-74)42-73(41-71,45-74)46-85-48(4)56(37-78-85)53-25-26-62(81-64(53)67(91)92)84-30-27-51-15-13-17-54(57(51)38-84)65(89)82-69-80-59-18-10-11-20-61(59)100-69;1-3-2;2-1-3/h10-11,13,15,17-18,20-26,37,47,55,58H,7-9,12,14,16,19,27-36,38-46H2,1-6H3,(H,76,88)(H,79,90)(H,91,92)(H3,75,77,93)(H,80,82,89)(H,95,96,97);1-2H3;/t55-,58-,71?,72?,73?,74?;;/m0../s1. The Morgan fingerprint density at radius 1 is 0.832 bits per heavy atom. The number of aromatic carboxylic acids is 1. The molecule has 1 aliphatic heterocycles. The number of nitrogens with one attached hydrogen (secondary N) is 4. The highest BCUT2D eigenvalue weighted by atomic mass is 32.2. The molecule has 4 atom stereocenters. The van der Waals surface area contributed by atoms with E-state index in [0.29, 0.717) is 97.0 Å². The summed E-state index contributed by atoms with van der Waals surface area (Å²) in [5.74, 6) is -3.45. The number of carbonyl (C=O) groups excluding carboxylic acids is 9. The maximum Gasteiger partial charge on any atom is 0.410 e. The number of aromatic nitrogens is 4. The molecule has 30 heteroatoms. The number of unbranched alkanes of at least 4 members (excludes halogenated alkanes) is 2. The summed E-state index contributed by atoms with van der Waals surface area (Å²) in [6, 6.07) is 22.1. The molecule has 27 nitrogen and oxygen atoms in total. The third kappa shape index (κ3) is 23.3. The maximum atomic E-state index is 14.0. The van der Waals surface area contributed by atoms with E-state index in [2.05, 4.69) is 40.1 Å². The number of anilines is 2. The largest absolute Gasteiger partial charge is 0.476 e.